The maximum Gasteiger partial charge on any atom is 0.136 e. The van der Waals surface area contributed by atoms with E-state index in [-0.39, 0.29) is 5.92 Å². The van der Waals surface area contributed by atoms with Crippen molar-refractivity contribution in [2.75, 3.05) is 0 Å². The van der Waals surface area contributed by atoms with Crippen LogP contribution in [0, 0.1) is 12.8 Å². The first-order chi connectivity index (χ1) is 6.09. The number of carbonyl (C=O) groups is 1. The maximum absolute atomic E-state index is 11.1. The van der Waals surface area contributed by atoms with Gasteiger partial charge < -0.3 is 0 Å². The number of aryl methyl sites for hydroxylation is 1. The number of carbonyl (C=O) groups excluding carboxylic acids is 1. The lowest BCUT2D eigenvalue weighted by molar-refractivity contribution is -0.130. The first kappa shape index (κ1) is 9.41. The lowest BCUT2D eigenvalue weighted by Gasteiger charge is -2.32. The smallest absolute Gasteiger partial charge is 0.136 e. The number of halogens is 1. The Labute approximate surface area is 90.3 Å². The van der Waals surface area contributed by atoms with Gasteiger partial charge in [-0.1, -0.05) is 6.92 Å². The summed E-state index contributed by atoms with van der Waals surface area (Å²) in [5, 5.41) is 0. The minimum atomic E-state index is 0.236. The summed E-state index contributed by atoms with van der Waals surface area (Å²) in [7, 11) is 0. The fourth-order valence-corrected chi connectivity index (χ4v) is 3.63. The number of ketones is 1. The summed E-state index contributed by atoms with van der Waals surface area (Å²) in [6.45, 7) is 4.15. The van der Waals surface area contributed by atoms with Crippen LogP contribution in [0.5, 0.6) is 0 Å². The fraction of sp³-hybridized carbons (Fsp3) is 0.500. The number of hydrogen-bond donors (Lipinski definition) is 0. The van der Waals surface area contributed by atoms with E-state index in [1.54, 1.807) is 11.3 Å². The van der Waals surface area contributed by atoms with Crippen molar-refractivity contribution in [3.63, 3.8) is 0 Å². The van der Waals surface area contributed by atoms with Gasteiger partial charge in [0, 0.05) is 23.1 Å². The molecule has 1 saturated carbocycles. The molecule has 0 spiro atoms. The molecule has 0 radical (unpaired) electrons. The number of thiophene rings is 1. The van der Waals surface area contributed by atoms with Crippen LogP contribution < -0.4 is 0 Å². The molecule has 3 heteroatoms. The molecule has 70 valence electrons. The highest BCUT2D eigenvalue weighted by atomic mass is 79.9. The zero-order valence-corrected chi connectivity index (χ0v) is 10.0. The van der Waals surface area contributed by atoms with Gasteiger partial charge in [0.2, 0.25) is 0 Å². The van der Waals surface area contributed by atoms with Crippen LogP contribution >= 0.6 is 27.3 Å². The summed E-state index contributed by atoms with van der Waals surface area (Å²) in [5.41, 5.74) is 1.36. The highest BCUT2D eigenvalue weighted by molar-refractivity contribution is 9.11. The molecule has 1 aromatic rings. The Morgan fingerprint density at radius 2 is 2.31 bits per heavy atom. The zero-order valence-electron chi connectivity index (χ0n) is 7.63. The van der Waals surface area contributed by atoms with E-state index in [4.69, 9.17) is 0 Å². The molecule has 1 nitrogen and oxygen atoms in total. The summed E-state index contributed by atoms with van der Waals surface area (Å²) in [5.74, 6) is 1.13. The number of rotatable bonds is 1. The molecule has 1 aliphatic carbocycles. The monoisotopic (exact) mass is 258 g/mol. The molecule has 1 aliphatic rings. The van der Waals surface area contributed by atoms with Crippen LogP contribution in [-0.4, -0.2) is 5.78 Å². The van der Waals surface area contributed by atoms with Crippen molar-refractivity contribution in [2.24, 2.45) is 5.92 Å². The van der Waals surface area contributed by atoms with Gasteiger partial charge in [0.25, 0.3) is 0 Å². The van der Waals surface area contributed by atoms with Crippen molar-refractivity contribution >= 4 is 33.0 Å². The third kappa shape index (κ3) is 1.48. The van der Waals surface area contributed by atoms with E-state index < -0.39 is 0 Å². The molecule has 2 rings (SSSR count). The summed E-state index contributed by atoms with van der Waals surface area (Å²) < 4.78 is 1.17. The van der Waals surface area contributed by atoms with E-state index in [0.717, 1.165) is 6.42 Å². The first-order valence-electron chi connectivity index (χ1n) is 4.38. The van der Waals surface area contributed by atoms with Crippen molar-refractivity contribution in [1.29, 1.82) is 0 Å². The normalized spacial score (nSPS) is 27.5. The lowest BCUT2D eigenvalue weighted by Crippen LogP contribution is -2.32. The number of Topliss-reactive ketones (excluding diaryl/α,β-unsaturated/α-hetero) is 1. The molecule has 13 heavy (non-hydrogen) atoms. The molecule has 1 aromatic heterocycles. The van der Waals surface area contributed by atoms with Crippen LogP contribution in [-0.2, 0) is 4.79 Å². The van der Waals surface area contributed by atoms with E-state index >= 15 is 0 Å². The average molecular weight is 259 g/mol. The van der Waals surface area contributed by atoms with Gasteiger partial charge in [0.1, 0.15) is 5.78 Å². The Bertz CT molecular complexity index is 356. The largest absolute Gasteiger partial charge is 0.299 e. The third-order valence-electron chi connectivity index (χ3n) is 2.86. The Hall–Kier alpha value is -0.150. The van der Waals surface area contributed by atoms with Crippen LogP contribution in [0.25, 0.3) is 0 Å². The summed E-state index contributed by atoms with van der Waals surface area (Å²) in [4.78, 5) is 12.5. The standard InChI is InChI=1S/C10H11BrOS/c1-5-7(3-9(5)12)8-4-10(11)13-6(8)2/h4-5,7H,3H2,1-2H3. The fourth-order valence-electron chi connectivity index (χ4n) is 1.85. The predicted molar refractivity (Wildman–Crippen MR) is 58.3 cm³/mol. The van der Waals surface area contributed by atoms with Gasteiger partial charge in [-0.25, -0.2) is 0 Å². The molecule has 0 aliphatic heterocycles. The summed E-state index contributed by atoms with van der Waals surface area (Å²) >= 11 is 5.23. The predicted octanol–water partition coefficient (Wildman–Crippen LogP) is 3.51. The van der Waals surface area contributed by atoms with E-state index in [9.17, 15) is 4.79 Å². The molecule has 1 heterocycles. The Morgan fingerprint density at radius 3 is 2.69 bits per heavy atom. The highest BCUT2D eigenvalue weighted by Gasteiger charge is 2.38. The van der Waals surface area contributed by atoms with Gasteiger partial charge >= 0.3 is 0 Å². The van der Waals surface area contributed by atoms with Crippen LogP contribution in [0.3, 0.4) is 0 Å². The van der Waals surface area contributed by atoms with Gasteiger partial charge in [-0.3, -0.25) is 4.79 Å². The quantitative estimate of drug-likeness (QED) is 0.754. The summed E-state index contributed by atoms with van der Waals surface area (Å²) in [6.07, 6.45) is 0.741. The second-order valence-electron chi connectivity index (χ2n) is 3.63. The van der Waals surface area contributed by atoms with E-state index in [1.165, 1.54) is 14.2 Å². The van der Waals surface area contributed by atoms with Crippen LogP contribution in [0.1, 0.15) is 29.7 Å². The molecule has 0 N–H and O–H groups in total. The highest BCUT2D eigenvalue weighted by Crippen LogP contribution is 2.43. The van der Waals surface area contributed by atoms with Gasteiger partial charge in [-0.15, -0.1) is 11.3 Å². The van der Waals surface area contributed by atoms with Crippen molar-refractivity contribution in [3.8, 4) is 0 Å². The lowest BCUT2D eigenvalue weighted by atomic mass is 9.70. The molecular formula is C10H11BrOS. The van der Waals surface area contributed by atoms with Gasteiger partial charge in [-0.05, 0) is 34.5 Å². The van der Waals surface area contributed by atoms with Crippen LogP contribution in [0.2, 0.25) is 0 Å². The molecule has 0 amide bonds. The van der Waals surface area contributed by atoms with Crippen LogP contribution in [0.15, 0.2) is 9.85 Å². The third-order valence-corrected chi connectivity index (χ3v) is 4.43. The molecule has 0 saturated heterocycles. The van der Waals surface area contributed by atoms with Gasteiger partial charge in [-0.2, -0.15) is 0 Å². The Balaban J connectivity index is 2.27. The van der Waals surface area contributed by atoms with Gasteiger partial charge in [0.15, 0.2) is 0 Å². The Kier molecular flexibility index (Phi) is 2.32. The maximum atomic E-state index is 11.1. The minimum absolute atomic E-state index is 0.236. The van der Waals surface area contributed by atoms with Crippen molar-refractivity contribution < 1.29 is 4.79 Å². The molecular weight excluding hydrogens is 248 g/mol. The zero-order chi connectivity index (χ0) is 9.59. The summed E-state index contributed by atoms with van der Waals surface area (Å²) in [6, 6.07) is 2.16. The molecule has 0 bridgehead atoms. The minimum Gasteiger partial charge on any atom is -0.299 e. The van der Waals surface area contributed by atoms with E-state index in [0.29, 0.717) is 11.7 Å². The van der Waals surface area contributed by atoms with Crippen molar-refractivity contribution in [1.82, 2.24) is 0 Å². The van der Waals surface area contributed by atoms with E-state index in [1.807, 2.05) is 6.92 Å². The Morgan fingerprint density at radius 1 is 1.62 bits per heavy atom. The van der Waals surface area contributed by atoms with E-state index in [2.05, 4.69) is 28.9 Å². The number of hydrogen-bond acceptors (Lipinski definition) is 2. The molecule has 1 fully saturated rings. The van der Waals surface area contributed by atoms with Crippen molar-refractivity contribution in [2.45, 2.75) is 26.2 Å². The van der Waals surface area contributed by atoms with Crippen molar-refractivity contribution in [3.05, 3.63) is 20.3 Å². The SMILES string of the molecule is Cc1sc(Br)cc1C1CC(=O)C1C. The molecule has 2 atom stereocenters. The molecule has 0 aromatic carbocycles. The molecule has 2 unspecified atom stereocenters. The van der Waals surface area contributed by atoms with Gasteiger partial charge in [0.05, 0.1) is 3.79 Å². The first-order valence-corrected chi connectivity index (χ1v) is 5.99. The average Bonchev–Trinajstić information content (AvgIpc) is 2.40. The second-order valence-corrected chi connectivity index (χ2v) is 6.26. The topological polar surface area (TPSA) is 17.1 Å². The van der Waals surface area contributed by atoms with Crippen LogP contribution in [0.4, 0.5) is 0 Å². The second kappa shape index (κ2) is 3.21.